The van der Waals surface area contributed by atoms with E-state index in [9.17, 15) is 24.9 Å². The lowest BCUT2D eigenvalue weighted by molar-refractivity contribution is 0.0697. The minimum atomic E-state index is -1.33. The van der Waals surface area contributed by atoms with Crippen molar-refractivity contribution in [2.45, 2.75) is 0 Å². The zero-order valence-corrected chi connectivity index (χ0v) is 14.4. The average Bonchev–Trinajstić information content (AvgIpc) is 2.70. The van der Waals surface area contributed by atoms with Crippen molar-refractivity contribution in [2.24, 2.45) is 0 Å². The van der Waals surface area contributed by atoms with Crippen LogP contribution in [-0.4, -0.2) is 21.3 Å². The summed E-state index contributed by atoms with van der Waals surface area (Å²) in [5, 5.41) is 29.6. The molecule has 138 valence electrons. The number of phenols is 2. The highest BCUT2D eigenvalue weighted by Gasteiger charge is 2.24. The third-order valence-electron chi connectivity index (χ3n) is 4.45. The van der Waals surface area contributed by atoms with Crippen LogP contribution in [0, 0.1) is 0 Å². The summed E-state index contributed by atoms with van der Waals surface area (Å²) in [6, 6.07) is 17.4. The van der Waals surface area contributed by atoms with E-state index in [1.807, 2.05) is 0 Å². The molecule has 0 bridgehead atoms. The van der Waals surface area contributed by atoms with Gasteiger partial charge >= 0.3 is 5.97 Å². The third kappa shape index (κ3) is 2.77. The van der Waals surface area contributed by atoms with E-state index in [0.29, 0.717) is 10.9 Å². The molecule has 1 aromatic heterocycles. The molecule has 0 spiro atoms. The summed E-state index contributed by atoms with van der Waals surface area (Å²) in [4.78, 5) is 25.0. The molecule has 0 amide bonds. The van der Waals surface area contributed by atoms with Crippen molar-refractivity contribution in [3.63, 3.8) is 0 Å². The maximum Gasteiger partial charge on any atom is 0.336 e. The number of fused-ring (bicyclic) bond motifs is 1. The molecule has 4 rings (SSSR count). The van der Waals surface area contributed by atoms with Crippen LogP contribution in [0.1, 0.15) is 10.4 Å². The maximum absolute atomic E-state index is 13.2. The van der Waals surface area contributed by atoms with Gasteiger partial charge in [-0.3, -0.25) is 4.79 Å². The fraction of sp³-hybridized carbons (Fsp3) is 0. The summed E-state index contributed by atoms with van der Waals surface area (Å²) in [7, 11) is 0. The topological polar surface area (TPSA) is 108 Å². The Morgan fingerprint density at radius 1 is 0.857 bits per heavy atom. The summed E-state index contributed by atoms with van der Waals surface area (Å²) >= 11 is 0. The van der Waals surface area contributed by atoms with Gasteiger partial charge in [0.2, 0.25) is 5.43 Å². The molecule has 28 heavy (non-hydrogen) atoms. The first-order chi connectivity index (χ1) is 13.5. The van der Waals surface area contributed by atoms with Gasteiger partial charge in [-0.2, -0.15) is 0 Å². The lowest BCUT2D eigenvalue weighted by atomic mass is 9.95. The average molecular weight is 374 g/mol. The smallest absolute Gasteiger partial charge is 0.336 e. The Labute approximate surface area is 158 Å². The third-order valence-corrected chi connectivity index (χ3v) is 4.45. The van der Waals surface area contributed by atoms with Crippen LogP contribution in [0.4, 0.5) is 0 Å². The Balaban J connectivity index is 2.18. The molecule has 0 fully saturated rings. The molecule has 6 heteroatoms. The lowest BCUT2D eigenvalue weighted by Gasteiger charge is -2.13. The molecule has 0 aliphatic heterocycles. The fourth-order valence-electron chi connectivity index (χ4n) is 3.14. The van der Waals surface area contributed by atoms with Crippen molar-refractivity contribution >= 4 is 16.9 Å². The quantitative estimate of drug-likeness (QED) is 0.463. The van der Waals surface area contributed by atoms with Gasteiger partial charge in [0.05, 0.1) is 16.5 Å². The van der Waals surface area contributed by atoms with Crippen molar-refractivity contribution in [3.8, 4) is 33.9 Å². The van der Waals surface area contributed by atoms with E-state index in [1.54, 1.807) is 54.6 Å². The second kappa shape index (κ2) is 6.59. The number of carboxylic acid groups (broad SMARTS) is 1. The Morgan fingerprint density at radius 3 is 2.21 bits per heavy atom. The van der Waals surface area contributed by atoms with Gasteiger partial charge in [0.25, 0.3) is 0 Å². The Morgan fingerprint density at radius 2 is 1.50 bits per heavy atom. The Kier molecular flexibility index (Phi) is 4.08. The molecule has 0 unspecified atom stereocenters. The molecular formula is C22H14O6. The van der Waals surface area contributed by atoms with Crippen molar-refractivity contribution in [3.05, 3.63) is 82.5 Å². The van der Waals surface area contributed by atoms with E-state index >= 15 is 0 Å². The zero-order chi connectivity index (χ0) is 19.8. The summed E-state index contributed by atoms with van der Waals surface area (Å²) in [5.41, 5.74) is 0.362. The van der Waals surface area contributed by atoms with E-state index < -0.39 is 17.5 Å². The van der Waals surface area contributed by atoms with Gasteiger partial charge in [-0.25, -0.2) is 4.79 Å². The molecule has 4 aromatic rings. The number of hydrogen-bond acceptors (Lipinski definition) is 5. The number of benzene rings is 3. The van der Waals surface area contributed by atoms with Crippen LogP contribution in [0.25, 0.3) is 33.4 Å². The van der Waals surface area contributed by atoms with Crippen LogP contribution in [0.5, 0.6) is 11.5 Å². The van der Waals surface area contributed by atoms with E-state index in [1.165, 1.54) is 0 Å². The van der Waals surface area contributed by atoms with Crippen LogP contribution in [0.2, 0.25) is 0 Å². The Bertz CT molecular complexity index is 1270. The highest BCUT2D eigenvalue weighted by atomic mass is 16.4. The molecule has 0 saturated heterocycles. The molecular weight excluding hydrogens is 360 g/mol. The van der Waals surface area contributed by atoms with E-state index in [4.69, 9.17) is 4.42 Å². The number of para-hydroxylation sites is 1. The molecule has 6 nitrogen and oxygen atoms in total. The predicted octanol–water partition coefficient (Wildman–Crippen LogP) is 4.24. The molecule has 0 radical (unpaired) electrons. The first-order valence-electron chi connectivity index (χ1n) is 8.38. The van der Waals surface area contributed by atoms with Gasteiger partial charge in [0.15, 0.2) is 11.5 Å². The molecule has 0 saturated carbocycles. The number of rotatable bonds is 3. The number of aromatic carboxylic acids is 1. The first-order valence-corrected chi connectivity index (χ1v) is 8.38. The number of aromatic hydroxyl groups is 2. The largest absolute Gasteiger partial charge is 0.504 e. The normalized spacial score (nSPS) is 10.9. The first kappa shape index (κ1) is 17.4. The van der Waals surface area contributed by atoms with Crippen molar-refractivity contribution < 1.29 is 24.5 Å². The van der Waals surface area contributed by atoms with Gasteiger partial charge in [-0.15, -0.1) is 0 Å². The number of phenolic OH excluding ortho intramolecular Hbond substituents is 2. The number of carboxylic acids is 1. The molecule has 3 N–H and O–H groups in total. The van der Waals surface area contributed by atoms with Gasteiger partial charge in [0, 0.05) is 5.56 Å². The van der Waals surface area contributed by atoms with Crippen molar-refractivity contribution in [2.75, 3.05) is 0 Å². The zero-order valence-electron chi connectivity index (χ0n) is 14.4. The van der Waals surface area contributed by atoms with Gasteiger partial charge in [0.1, 0.15) is 11.3 Å². The highest BCUT2D eigenvalue weighted by molar-refractivity contribution is 6.00. The Hall–Kier alpha value is -4.06. The van der Waals surface area contributed by atoms with E-state index in [0.717, 1.165) is 12.1 Å². The molecule has 0 aliphatic carbocycles. The molecule has 0 atom stereocenters. The fourth-order valence-corrected chi connectivity index (χ4v) is 3.14. The summed E-state index contributed by atoms with van der Waals surface area (Å²) < 4.78 is 5.94. The SMILES string of the molecule is O=C(O)c1cc(O)c(O)cc1-c1oc2ccccc2c(=O)c1-c1ccccc1. The van der Waals surface area contributed by atoms with Gasteiger partial charge < -0.3 is 19.7 Å². The molecule has 0 aliphatic rings. The van der Waals surface area contributed by atoms with Crippen LogP contribution in [-0.2, 0) is 0 Å². The minimum Gasteiger partial charge on any atom is -0.504 e. The highest BCUT2D eigenvalue weighted by Crippen LogP contribution is 2.39. The van der Waals surface area contributed by atoms with Gasteiger partial charge in [-0.1, -0.05) is 42.5 Å². The number of hydrogen-bond donors (Lipinski definition) is 3. The standard InChI is InChI=1S/C22H14O6/c23-16-10-14(15(22(26)27)11-17(16)24)21-19(12-6-2-1-3-7-12)20(25)13-8-4-5-9-18(13)28-21/h1-11,23-24H,(H,26,27). The van der Waals surface area contributed by atoms with Gasteiger partial charge in [-0.05, 0) is 29.8 Å². The molecule has 3 aromatic carbocycles. The summed E-state index contributed by atoms with van der Waals surface area (Å²) in [6.45, 7) is 0. The van der Waals surface area contributed by atoms with E-state index in [2.05, 4.69) is 0 Å². The van der Waals surface area contributed by atoms with E-state index in [-0.39, 0.29) is 33.5 Å². The van der Waals surface area contributed by atoms with Crippen LogP contribution in [0.3, 0.4) is 0 Å². The van der Waals surface area contributed by atoms with Crippen LogP contribution in [0.15, 0.2) is 75.9 Å². The van der Waals surface area contributed by atoms with Crippen LogP contribution >= 0.6 is 0 Å². The van der Waals surface area contributed by atoms with Crippen molar-refractivity contribution in [1.82, 2.24) is 0 Å². The second-order valence-corrected chi connectivity index (χ2v) is 6.19. The predicted molar refractivity (Wildman–Crippen MR) is 104 cm³/mol. The second-order valence-electron chi connectivity index (χ2n) is 6.19. The maximum atomic E-state index is 13.2. The number of carbonyl (C=O) groups is 1. The lowest BCUT2D eigenvalue weighted by Crippen LogP contribution is -2.09. The summed E-state index contributed by atoms with van der Waals surface area (Å²) in [5.74, 6) is -2.43. The van der Waals surface area contributed by atoms with Crippen LogP contribution < -0.4 is 5.43 Å². The summed E-state index contributed by atoms with van der Waals surface area (Å²) in [6.07, 6.45) is 0. The minimum absolute atomic E-state index is 0.00241. The molecule has 1 heterocycles. The van der Waals surface area contributed by atoms with Crippen molar-refractivity contribution in [1.29, 1.82) is 0 Å². The monoisotopic (exact) mass is 374 g/mol.